The number of piperazine rings is 1. The first-order valence-corrected chi connectivity index (χ1v) is 11.4. The number of benzene rings is 2. The highest BCUT2D eigenvalue weighted by Crippen LogP contribution is 2.26. The molecule has 0 spiro atoms. The third kappa shape index (κ3) is 3.54. The summed E-state index contributed by atoms with van der Waals surface area (Å²) in [6.45, 7) is 1.19. The fourth-order valence-electron chi connectivity index (χ4n) is 5.23. The Morgan fingerprint density at radius 3 is 2.85 bits per heavy atom. The molecule has 2 aromatic heterocycles. The molecule has 33 heavy (non-hydrogen) atoms. The van der Waals surface area contributed by atoms with Crippen molar-refractivity contribution in [3.63, 3.8) is 0 Å². The van der Waals surface area contributed by atoms with E-state index in [1.165, 1.54) is 0 Å². The van der Waals surface area contributed by atoms with Gasteiger partial charge in [0.25, 0.3) is 0 Å². The number of H-pyrrole nitrogens is 1. The van der Waals surface area contributed by atoms with Gasteiger partial charge in [-0.05, 0) is 29.7 Å². The monoisotopic (exact) mass is 439 g/mol. The summed E-state index contributed by atoms with van der Waals surface area (Å²) in [6, 6.07) is 17.3. The Hall–Kier alpha value is -3.71. The van der Waals surface area contributed by atoms with Crippen molar-refractivity contribution in [2.45, 2.75) is 37.5 Å². The zero-order valence-corrected chi connectivity index (χ0v) is 18.1. The number of aromatic nitrogens is 2. The van der Waals surface area contributed by atoms with Crippen molar-refractivity contribution in [3.05, 3.63) is 78.1 Å². The van der Waals surface area contributed by atoms with Crippen LogP contribution in [0.3, 0.4) is 0 Å². The minimum absolute atomic E-state index is 0.000934. The Morgan fingerprint density at radius 2 is 1.91 bits per heavy atom. The normalized spacial score (nSPS) is 22.7. The highest BCUT2D eigenvalue weighted by Gasteiger charge is 2.46. The average molecular weight is 440 g/mol. The maximum absolute atomic E-state index is 13.3. The molecule has 0 radical (unpaired) electrons. The predicted octanol–water partition coefficient (Wildman–Crippen LogP) is 2.52. The van der Waals surface area contributed by atoms with Crippen LogP contribution in [0, 0.1) is 0 Å². The van der Waals surface area contributed by atoms with Crippen molar-refractivity contribution < 1.29 is 9.59 Å². The molecule has 4 heterocycles. The lowest BCUT2D eigenvalue weighted by atomic mass is 10.0. The van der Waals surface area contributed by atoms with Crippen molar-refractivity contribution >= 4 is 33.6 Å². The number of nitrogens with zero attached hydrogens (tertiary/aromatic N) is 2. The molecule has 7 nitrogen and oxygen atoms in total. The second kappa shape index (κ2) is 8.01. The third-order valence-corrected chi connectivity index (χ3v) is 6.90. The van der Waals surface area contributed by atoms with Crippen molar-refractivity contribution in [3.8, 4) is 0 Å². The van der Waals surface area contributed by atoms with Gasteiger partial charge in [0.15, 0.2) is 0 Å². The molecule has 2 aliphatic heterocycles. The maximum atomic E-state index is 13.3. The second-order valence-electron chi connectivity index (χ2n) is 8.94. The predicted molar refractivity (Wildman–Crippen MR) is 126 cm³/mol. The highest BCUT2D eigenvalue weighted by atomic mass is 16.2. The van der Waals surface area contributed by atoms with Crippen LogP contribution in [-0.4, -0.2) is 51.4 Å². The minimum Gasteiger partial charge on any atom is -0.361 e. The molecule has 2 aliphatic rings. The smallest absolute Gasteiger partial charge is 0.246 e. The molecule has 2 amide bonds. The number of amides is 2. The Bertz CT molecular complexity index is 1360. The summed E-state index contributed by atoms with van der Waals surface area (Å²) in [6.07, 6.45) is 4.84. The Balaban J connectivity index is 1.15. The number of para-hydroxylation sites is 2. The van der Waals surface area contributed by atoms with Gasteiger partial charge in [-0.1, -0.05) is 42.5 Å². The number of rotatable bonds is 5. The summed E-state index contributed by atoms with van der Waals surface area (Å²) < 4.78 is 0. The van der Waals surface area contributed by atoms with Gasteiger partial charge >= 0.3 is 0 Å². The van der Waals surface area contributed by atoms with Crippen molar-refractivity contribution in [2.75, 3.05) is 6.54 Å². The Kier molecular flexibility index (Phi) is 4.84. The van der Waals surface area contributed by atoms with Crippen molar-refractivity contribution in [2.24, 2.45) is 0 Å². The first-order valence-electron chi connectivity index (χ1n) is 11.4. The molecule has 0 bridgehead atoms. The number of hydrogen-bond donors (Lipinski definition) is 3. The molecule has 3 N–H and O–H groups in total. The van der Waals surface area contributed by atoms with Gasteiger partial charge in [-0.2, -0.15) is 0 Å². The molecule has 7 heteroatoms. The molecular weight excluding hydrogens is 414 g/mol. The number of aromatic amines is 1. The van der Waals surface area contributed by atoms with E-state index >= 15 is 0 Å². The van der Waals surface area contributed by atoms with Gasteiger partial charge in [0.05, 0.1) is 5.52 Å². The minimum atomic E-state index is -0.533. The van der Waals surface area contributed by atoms with Crippen LogP contribution in [0.1, 0.15) is 17.5 Å². The van der Waals surface area contributed by atoms with Gasteiger partial charge in [-0.25, -0.2) is 0 Å². The highest BCUT2D eigenvalue weighted by molar-refractivity contribution is 5.98. The molecule has 0 saturated carbocycles. The van der Waals surface area contributed by atoms with Crippen molar-refractivity contribution in [1.82, 2.24) is 25.5 Å². The topological polar surface area (TPSA) is 90.1 Å². The number of carbonyl (C=O) groups excluding carboxylic acids is 2. The Morgan fingerprint density at radius 1 is 1.03 bits per heavy atom. The largest absolute Gasteiger partial charge is 0.361 e. The number of pyridine rings is 1. The molecule has 6 rings (SSSR count). The lowest BCUT2D eigenvalue weighted by molar-refractivity contribution is -0.146. The van der Waals surface area contributed by atoms with Crippen LogP contribution in [0.15, 0.2) is 67.0 Å². The van der Waals surface area contributed by atoms with E-state index in [-0.39, 0.29) is 17.9 Å². The van der Waals surface area contributed by atoms with Gasteiger partial charge in [0.1, 0.15) is 12.1 Å². The summed E-state index contributed by atoms with van der Waals surface area (Å²) in [7, 11) is 0. The van der Waals surface area contributed by atoms with Crippen LogP contribution in [0.4, 0.5) is 0 Å². The molecule has 166 valence electrons. The molecule has 4 aromatic rings. The number of fused-ring (bicyclic) bond motifs is 3. The van der Waals surface area contributed by atoms with E-state index in [0.29, 0.717) is 25.9 Å². The van der Waals surface area contributed by atoms with Gasteiger partial charge in [-0.15, -0.1) is 0 Å². The molecular formula is C26H25N5O2. The zero-order valence-electron chi connectivity index (χ0n) is 18.1. The quantitative estimate of drug-likeness (QED) is 0.446. The Labute approximate surface area is 191 Å². The summed E-state index contributed by atoms with van der Waals surface area (Å²) in [5.74, 6) is -0.0587. The van der Waals surface area contributed by atoms with E-state index in [1.807, 2.05) is 42.6 Å². The van der Waals surface area contributed by atoms with Crippen LogP contribution in [0.2, 0.25) is 0 Å². The lowest BCUT2D eigenvalue weighted by Crippen LogP contribution is -2.61. The van der Waals surface area contributed by atoms with Gasteiger partial charge in [-0.3, -0.25) is 14.6 Å². The lowest BCUT2D eigenvalue weighted by Gasteiger charge is -2.34. The number of nitrogens with one attached hydrogen (secondary N) is 3. The standard InChI is InChI=1S/C26H25N5O2/c32-25-23-12-19(28-13-17-6-3-5-16-7-4-10-27-24(16)17)15-31(23)26(33)22(30-25)11-18-14-29-21-9-2-1-8-20(18)21/h1-10,14,19,22-23,28-29H,11-13,15H2,(H,30,32)/t19-,22-,23-/m0/s1. The van der Waals surface area contributed by atoms with Crippen LogP contribution in [-0.2, 0) is 22.6 Å². The second-order valence-corrected chi connectivity index (χ2v) is 8.94. The molecule has 0 aliphatic carbocycles. The van der Waals surface area contributed by atoms with Crippen LogP contribution < -0.4 is 10.6 Å². The van der Waals surface area contributed by atoms with Crippen LogP contribution in [0.25, 0.3) is 21.8 Å². The summed E-state index contributed by atoms with van der Waals surface area (Å²) >= 11 is 0. The fraction of sp³-hybridized carbons (Fsp3) is 0.269. The van der Waals surface area contributed by atoms with E-state index in [4.69, 9.17) is 0 Å². The van der Waals surface area contributed by atoms with Crippen molar-refractivity contribution in [1.29, 1.82) is 0 Å². The first kappa shape index (κ1) is 19.9. The van der Waals surface area contributed by atoms with E-state index in [2.05, 4.69) is 38.8 Å². The zero-order chi connectivity index (χ0) is 22.4. The molecule has 3 atom stereocenters. The molecule has 2 fully saturated rings. The SMILES string of the molecule is O=C1N[C@@H](Cc2c[nH]c3ccccc23)C(=O)N2C[C@@H](NCc3cccc4cccnc34)C[C@@H]12. The van der Waals surface area contributed by atoms with Crippen LogP contribution in [0.5, 0.6) is 0 Å². The van der Waals surface area contributed by atoms with Gasteiger partial charge in [0, 0.05) is 54.2 Å². The molecule has 0 unspecified atom stereocenters. The summed E-state index contributed by atoms with van der Waals surface area (Å²) in [5.41, 5.74) is 4.18. The third-order valence-electron chi connectivity index (χ3n) is 6.90. The maximum Gasteiger partial charge on any atom is 0.246 e. The summed E-state index contributed by atoms with van der Waals surface area (Å²) in [5, 5.41) is 8.73. The summed E-state index contributed by atoms with van der Waals surface area (Å²) in [4.78, 5) is 35.7. The van der Waals surface area contributed by atoms with E-state index < -0.39 is 12.1 Å². The average Bonchev–Trinajstić information content (AvgIpc) is 3.46. The molecule has 2 saturated heterocycles. The fourth-order valence-corrected chi connectivity index (χ4v) is 5.23. The van der Waals surface area contributed by atoms with E-state index in [1.54, 1.807) is 11.1 Å². The van der Waals surface area contributed by atoms with Gasteiger partial charge in [0.2, 0.25) is 11.8 Å². The van der Waals surface area contributed by atoms with E-state index in [9.17, 15) is 9.59 Å². The van der Waals surface area contributed by atoms with Gasteiger partial charge < -0.3 is 20.5 Å². The molecule has 2 aromatic carbocycles. The first-order chi connectivity index (χ1) is 16.2. The number of hydrogen-bond acceptors (Lipinski definition) is 4. The van der Waals surface area contributed by atoms with E-state index in [0.717, 1.165) is 32.9 Å². The van der Waals surface area contributed by atoms with Crippen LogP contribution >= 0.6 is 0 Å². The number of carbonyl (C=O) groups is 2.